The number of nitrogens with one attached hydrogen (secondary N) is 1. The lowest BCUT2D eigenvalue weighted by molar-refractivity contribution is 0.622. The van der Waals surface area contributed by atoms with Gasteiger partial charge in [0.25, 0.3) is 0 Å². The molecule has 1 aliphatic heterocycles. The quantitative estimate of drug-likeness (QED) is 0.784. The Hall–Kier alpha value is -0.800. The molecule has 0 saturated heterocycles. The largest absolute Gasteiger partial charge is 0.346 e. The molecule has 2 nitrogen and oxygen atoms in total. The van der Waals surface area contributed by atoms with Crippen molar-refractivity contribution in [1.29, 1.82) is 0 Å². The normalized spacial score (nSPS) is 15.4. The van der Waals surface area contributed by atoms with Gasteiger partial charge in [-0.15, -0.1) is 0 Å². The molecule has 84 valence electrons. The molecule has 0 amide bonds. The third kappa shape index (κ3) is 1.35. The van der Waals surface area contributed by atoms with Crippen molar-refractivity contribution in [2.45, 2.75) is 19.9 Å². The Balaban J connectivity index is 2.44. The lowest BCUT2D eigenvalue weighted by Gasteiger charge is -2.14. The molecule has 1 aromatic carbocycles. The number of hydrogen-bond donors (Lipinski definition) is 1. The molecule has 0 unspecified atom stereocenters. The molecule has 2 heterocycles. The molecule has 0 radical (unpaired) electrons. The van der Waals surface area contributed by atoms with Gasteiger partial charge in [-0.3, -0.25) is 0 Å². The van der Waals surface area contributed by atoms with E-state index in [1.165, 1.54) is 32.2 Å². The van der Waals surface area contributed by atoms with Gasteiger partial charge in [-0.1, -0.05) is 0 Å². The van der Waals surface area contributed by atoms with Gasteiger partial charge in [-0.25, -0.2) is 0 Å². The summed E-state index contributed by atoms with van der Waals surface area (Å²) in [6.45, 7) is 4.25. The molecule has 0 bridgehead atoms. The number of aromatic nitrogens is 1. The summed E-state index contributed by atoms with van der Waals surface area (Å²) < 4.78 is 3.55. The highest BCUT2D eigenvalue weighted by molar-refractivity contribution is 9.10. The lowest BCUT2D eigenvalue weighted by Crippen LogP contribution is -2.24. The summed E-state index contributed by atoms with van der Waals surface area (Å²) in [4.78, 5) is 0. The fraction of sp³-hybridized carbons (Fsp3) is 0.385. The lowest BCUT2D eigenvalue weighted by atomic mass is 10.0. The highest BCUT2D eigenvalue weighted by atomic mass is 79.9. The van der Waals surface area contributed by atoms with Crippen LogP contribution < -0.4 is 5.32 Å². The van der Waals surface area contributed by atoms with Crippen molar-refractivity contribution in [1.82, 2.24) is 9.88 Å². The standard InChI is InChI=1S/C13H15BrN2/c1-8-5-9-10-7-15-4-3-12(10)16(2)13(9)11(14)6-8/h5-6,15H,3-4,7H2,1-2H3. The van der Waals surface area contributed by atoms with Crippen molar-refractivity contribution in [2.24, 2.45) is 7.05 Å². The van der Waals surface area contributed by atoms with Gasteiger partial charge in [0.1, 0.15) is 0 Å². The number of aryl methyl sites for hydroxylation is 2. The van der Waals surface area contributed by atoms with E-state index in [1.54, 1.807) is 0 Å². The molecule has 16 heavy (non-hydrogen) atoms. The van der Waals surface area contributed by atoms with Crippen LogP contribution in [0.3, 0.4) is 0 Å². The van der Waals surface area contributed by atoms with Crippen LogP contribution in [0.15, 0.2) is 16.6 Å². The minimum atomic E-state index is 1.00. The van der Waals surface area contributed by atoms with E-state index in [1.807, 2.05) is 0 Å². The average molecular weight is 279 g/mol. The van der Waals surface area contributed by atoms with E-state index >= 15 is 0 Å². The predicted molar refractivity (Wildman–Crippen MR) is 70.8 cm³/mol. The molecule has 3 heteroatoms. The molecular formula is C13H15BrN2. The van der Waals surface area contributed by atoms with Crippen molar-refractivity contribution in [3.05, 3.63) is 33.4 Å². The van der Waals surface area contributed by atoms with Gasteiger partial charge < -0.3 is 9.88 Å². The number of nitrogens with zero attached hydrogens (tertiary/aromatic N) is 1. The Morgan fingerprint density at radius 1 is 1.38 bits per heavy atom. The summed E-state index contributed by atoms with van der Waals surface area (Å²) in [5.74, 6) is 0. The molecule has 3 rings (SSSR count). The summed E-state index contributed by atoms with van der Waals surface area (Å²) in [5.41, 5.74) is 5.62. The van der Waals surface area contributed by atoms with Crippen LogP contribution in [0.25, 0.3) is 10.9 Å². The zero-order valence-electron chi connectivity index (χ0n) is 9.60. The van der Waals surface area contributed by atoms with E-state index in [9.17, 15) is 0 Å². The fourth-order valence-corrected chi connectivity index (χ4v) is 3.58. The van der Waals surface area contributed by atoms with Crippen LogP contribution in [0.2, 0.25) is 0 Å². The van der Waals surface area contributed by atoms with Gasteiger partial charge in [0.15, 0.2) is 0 Å². The van der Waals surface area contributed by atoms with Gasteiger partial charge in [0.2, 0.25) is 0 Å². The molecule has 0 aliphatic carbocycles. The predicted octanol–water partition coefficient (Wildman–Crippen LogP) is 2.89. The maximum absolute atomic E-state index is 3.68. The number of benzene rings is 1. The number of hydrogen-bond acceptors (Lipinski definition) is 1. The number of halogens is 1. The first-order chi connectivity index (χ1) is 7.68. The van der Waals surface area contributed by atoms with Gasteiger partial charge in [-0.2, -0.15) is 0 Å². The number of fused-ring (bicyclic) bond motifs is 3. The van der Waals surface area contributed by atoms with E-state index in [2.05, 4.69) is 51.9 Å². The molecule has 0 spiro atoms. The summed E-state index contributed by atoms with van der Waals surface area (Å²) in [6, 6.07) is 4.49. The Bertz CT molecular complexity index is 569. The Labute approximate surface area is 104 Å². The first kappa shape index (κ1) is 10.4. The summed E-state index contributed by atoms with van der Waals surface area (Å²) in [6.07, 6.45) is 1.13. The molecular weight excluding hydrogens is 264 g/mol. The van der Waals surface area contributed by atoms with Gasteiger partial charge in [0, 0.05) is 42.1 Å². The first-order valence-electron chi connectivity index (χ1n) is 5.65. The van der Waals surface area contributed by atoms with Gasteiger partial charge in [0.05, 0.1) is 5.52 Å². The van der Waals surface area contributed by atoms with Crippen molar-refractivity contribution in [2.75, 3.05) is 6.54 Å². The van der Waals surface area contributed by atoms with Crippen LogP contribution in [0, 0.1) is 6.92 Å². The fourth-order valence-electron chi connectivity index (χ4n) is 2.73. The minimum Gasteiger partial charge on any atom is -0.346 e. The van der Waals surface area contributed by atoms with Crippen molar-refractivity contribution < 1.29 is 0 Å². The maximum atomic E-state index is 3.68. The van der Waals surface area contributed by atoms with Crippen LogP contribution >= 0.6 is 15.9 Å². The zero-order valence-corrected chi connectivity index (χ0v) is 11.2. The first-order valence-corrected chi connectivity index (χ1v) is 6.45. The summed E-state index contributed by atoms with van der Waals surface area (Å²) in [5, 5.41) is 4.86. The topological polar surface area (TPSA) is 17.0 Å². The molecule has 1 N–H and O–H groups in total. The molecule has 0 saturated carbocycles. The van der Waals surface area contributed by atoms with Gasteiger partial charge >= 0.3 is 0 Å². The number of rotatable bonds is 0. The molecule has 1 aliphatic rings. The maximum Gasteiger partial charge on any atom is 0.0627 e. The Kier molecular flexibility index (Phi) is 2.33. The second-order valence-corrected chi connectivity index (χ2v) is 5.41. The smallest absolute Gasteiger partial charge is 0.0627 e. The van der Waals surface area contributed by atoms with Crippen LogP contribution in [0.1, 0.15) is 16.8 Å². The third-order valence-electron chi connectivity index (χ3n) is 3.46. The van der Waals surface area contributed by atoms with E-state index in [0.717, 1.165) is 19.5 Å². The Morgan fingerprint density at radius 3 is 3.00 bits per heavy atom. The van der Waals surface area contributed by atoms with E-state index in [4.69, 9.17) is 0 Å². The minimum absolute atomic E-state index is 1.00. The molecule has 2 aromatic rings. The van der Waals surface area contributed by atoms with Crippen molar-refractivity contribution in [3.63, 3.8) is 0 Å². The average Bonchev–Trinajstić information content (AvgIpc) is 2.54. The van der Waals surface area contributed by atoms with E-state index in [0.29, 0.717) is 0 Å². The van der Waals surface area contributed by atoms with Crippen LogP contribution in [-0.4, -0.2) is 11.1 Å². The molecule has 1 aromatic heterocycles. The van der Waals surface area contributed by atoms with E-state index in [-0.39, 0.29) is 0 Å². The SMILES string of the molecule is Cc1cc(Br)c2c(c1)c1c(n2C)CCNC1. The van der Waals surface area contributed by atoms with Gasteiger partial charge in [-0.05, 0) is 46.1 Å². The monoisotopic (exact) mass is 278 g/mol. The van der Waals surface area contributed by atoms with Crippen LogP contribution in [0.4, 0.5) is 0 Å². The van der Waals surface area contributed by atoms with Crippen LogP contribution in [0.5, 0.6) is 0 Å². The summed E-state index contributed by atoms with van der Waals surface area (Å²) >= 11 is 3.68. The Morgan fingerprint density at radius 2 is 2.19 bits per heavy atom. The third-order valence-corrected chi connectivity index (χ3v) is 4.07. The van der Waals surface area contributed by atoms with E-state index < -0.39 is 0 Å². The second-order valence-electron chi connectivity index (χ2n) is 4.55. The summed E-state index contributed by atoms with van der Waals surface area (Å²) in [7, 11) is 2.17. The zero-order chi connectivity index (χ0) is 11.3. The van der Waals surface area contributed by atoms with Crippen molar-refractivity contribution in [3.8, 4) is 0 Å². The van der Waals surface area contributed by atoms with Crippen molar-refractivity contribution >= 4 is 26.8 Å². The molecule has 0 atom stereocenters. The molecule has 0 fully saturated rings. The van der Waals surface area contributed by atoms with Crippen LogP contribution in [-0.2, 0) is 20.0 Å². The highest BCUT2D eigenvalue weighted by Gasteiger charge is 2.19. The highest BCUT2D eigenvalue weighted by Crippen LogP contribution is 2.33. The second kappa shape index (κ2) is 3.60.